The third-order valence-corrected chi connectivity index (χ3v) is 2.16. The first-order valence-corrected chi connectivity index (χ1v) is 4.60. The van der Waals surface area contributed by atoms with Crippen LogP contribution in [0, 0.1) is 5.41 Å². The van der Waals surface area contributed by atoms with Crippen LogP contribution in [-0.2, 0) is 6.54 Å². The predicted octanol–water partition coefficient (Wildman–Crippen LogP) is 0.650. The van der Waals surface area contributed by atoms with Crippen molar-refractivity contribution >= 4 is 0 Å². The molecule has 0 aromatic carbocycles. The maximum Gasteiger partial charge on any atom is 0.253 e. The number of rotatable bonds is 2. The molecule has 0 spiro atoms. The van der Waals surface area contributed by atoms with E-state index in [2.05, 4.69) is 4.98 Å². The first-order valence-electron chi connectivity index (χ1n) is 4.60. The number of aliphatic hydroxyl groups is 1. The maximum atomic E-state index is 11.3. The van der Waals surface area contributed by atoms with Crippen LogP contribution in [0.4, 0.5) is 0 Å². The molecule has 0 aliphatic rings. The molecule has 14 heavy (non-hydrogen) atoms. The minimum Gasteiger partial charge on any atom is -0.391 e. The van der Waals surface area contributed by atoms with Crippen molar-refractivity contribution in [2.24, 2.45) is 5.41 Å². The lowest BCUT2D eigenvalue weighted by Crippen LogP contribution is -2.34. The number of aliphatic hydroxyl groups excluding tert-OH is 1. The molecular formula is C10H16N2O2. The molecule has 1 rings (SSSR count). The minimum absolute atomic E-state index is 0.136. The molecule has 1 atom stereocenters. The van der Waals surface area contributed by atoms with E-state index in [4.69, 9.17) is 0 Å². The number of nitrogens with zero attached hydrogens (tertiary/aromatic N) is 2. The molecule has 1 aromatic rings. The number of hydrogen-bond acceptors (Lipinski definition) is 3. The smallest absolute Gasteiger partial charge is 0.253 e. The van der Waals surface area contributed by atoms with Gasteiger partial charge in [-0.2, -0.15) is 0 Å². The summed E-state index contributed by atoms with van der Waals surface area (Å²) >= 11 is 0. The number of aromatic nitrogens is 2. The highest BCUT2D eigenvalue weighted by Crippen LogP contribution is 2.19. The maximum absolute atomic E-state index is 11.3. The van der Waals surface area contributed by atoms with Crippen LogP contribution < -0.4 is 5.56 Å². The van der Waals surface area contributed by atoms with Crippen molar-refractivity contribution in [2.45, 2.75) is 33.4 Å². The quantitative estimate of drug-likeness (QED) is 0.755. The van der Waals surface area contributed by atoms with E-state index in [0.29, 0.717) is 0 Å². The second-order valence-corrected chi connectivity index (χ2v) is 4.45. The van der Waals surface area contributed by atoms with Gasteiger partial charge in [0, 0.05) is 12.3 Å². The predicted molar refractivity (Wildman–Crippen MR) is 54.0 cm³/mol. The summed E-state index contributed by atoms with van der Waals surface area (Å²) in [5, 5.41) is 9.78. The Morgan fingerprint density at radius 3 is 2.71 bits per heavy atom. The highest BCUT2D eigenvalue weighted by Gasteiger charge is 2.22. The summed E-state index contributed by atoms with van der Waals surface area (Å²) in [6.45, 7) is 6.08. The van der Waals surface area contributed by atoms with E-state index in [-0.39, 0.29) is 17.5 Å². The molecule has 1 unspecified atom stereocenters. The zero-order chi connectivity index (χ0) is 10.8. The Bertz CT molecular complexity index is 352. The fourth-order valence-corrected chi connectivity index (χ4v) is 0.976. The largest absolute Gasteiger partial charge is 0.391 e. The van der Waals surface area contributed by atoms with Crippen molar-refractivity contribution in [1.82, 2.24) is 9.55 Å². The van der Waals surface area contributed by atoms with Gasteiger partial charge in [0.05, 0.1) is 19.0 Å². The van der Waals surface area contributed by atoms with E-state index in [1.54, 1.807) is 0 Å². The van der Waals surface area contributed by atoms with Crippen LogP contribution >= 0.6 is 0 Å². The Hall–Kier alpha value is -1.16. The molecule has 4 nitrogen and oxygen atoms in total. The molecule has 0 aliphatic heterocycles. The van der Waals surface area contributed by atoms with Gasteiger partial charge in [-0.05, 0) is 5.41 Å². The average Bonchev–Trinajstić information content (AvgIpc) is 2.07. The SMILES string of the molecule is CC(C)(C)C(O)Cn1cnccc1=O. The molecular weight excluding hydrogens is 180 g/mol. The highest BCUT2D eigenvalue weighted by molar-refractivity contribution is 4.84. The molecule has 0 saturated heterocycles. The summed E-state index contributed by atoms with van der Waals surface area (Å²) in [5.41, 5.74) is -0.363. The monoisotopic (exact) mass is 196 g/mol. The van der Waals surface area contributed by atoms with Crippen molar-refractivity contribution in [1.29, 1.82) is 0 Å². The van der Waals surface area contributed by atoms with Crippen molar-refractivity contribution in [3.05, 3.63) is 28.9 Å². The molecule has 1 aromatic heterocycles. The third kappa shape index (κ3) is 2.67. The van der Waals surface area contributed by atoms with Crippen molar-refractivity contribution in [3.8, 4) is 0 Å². The lowest BCUT2D eigenvalue weighted by molar-refractivity contribution is 0.0470. The molecule has 0 amide bonds. The molecule has 0 aliphatic carbocycles. The standard InChI is InChI=1S/C10H16N2O2/c1-10(2,3)8(13)6-12-7-11-5-4-9(12)14/h4-5,7-8,13H,6H2,1-3H3. The average molecular weight is 196 g/mol. The molecule has 4 heteroatoms. The van der Waals surface area contributed by atoms with E-state index in [9.17, 15) is 9.90 Å². The lowest BCUT2D eigenvalue weighted by Gasteiger charge is -2.25. The third-order valence-electron chi connectivity index (χ3n) is 2.16. The summed E-state index contributed by atoms with van der Waals surface area (Å²) in [6.07, 6.45) is 2.34. The van der Waals surface area contributed by atoms with Gasteiger partial charge in [0.1, 0.15) is 0 Å². The van der Waals surface area contributed by atoms with E-state index < -0.39 is 6.10 Å². The summed E-state index contributed by atoms with van der Waals surface area (Å²) in [7, 11) is 0. The Morgan fingerprint density at radius 1 is 1.57 bits per heavy atom. The molecule has 1 N–H and O–H groups in total. The van der Waals surface area contributed by atoms with Crippen molar-refractivity contribution < 1.29 is 5.11 Å². The fraction of sp³-hybridized carbons (Fsp3) is 0.600. The second kappa shape index (κ2) is 3.92. The van der Waals surface area contributed by atoms with Gasteiger partial charge in [0.2, 0.25) is 0 Å². The van der Waals surface area contributed by atoms with Crippen LogP contribution in [0.3, 0.4) is 0 Å². The first kappa shape index (κ1) is 10.9. The Kier molecular flexibility index (Phi) is 3.06. The zero-order valence-corrected chi connectivity index (χ0v) is 8.77. The van der Waals surface area contributed by atoms with Gasteiger partial charge in [0.25, 0.3) is 5.56 Å². The first-order chi connectivity index (χ1) is 6.41. The van der Waals surface area contributed by atoms with Crippen LogP contribution in [0.5, 0.6) is 0 Å². The zero-order valence-electron chi connectivity index (χ0n) is 8.77. The normalized spacial score (nSPS) is 14.0. The van der Waals surface area contributed by atoms with Gasteiger partial charge in [-0.25, -0.2) is 4.98 Å². The van der Waals surface area contributed by atoms with Crippen LogP contribution in [0.25, 0.3) is 0 Å². The van der Waals surface area contributed by atoms with Crippen LogP contribution in [-0.4, -0.2) is 20.8 Å². The van der Waals surface area contributed by atoms with Crippen LogP contribution in [0.2, 0.25) is 0 Å². The Morgan fingerprint density at radius 2 is 2.21 bits per heavy atom. The topological polar surface area (TPSA) is 55.1 Å². The van der Waals surface area contributed by atoms with Crippen LogP contribution in [0.15, 0.2) is 23.4 Å². The molecule has 0 saturated carbocycles. The minimum atomic E-state index is -0.551. The summed E-state index contributed by atoms with van der Waals surface area (Å²) in [4.78, 5) is 15.1. The van der Waals surface area contributed by atoms with Gasteiger partial charge < -0.3 is 5.11 Å². The van der Waals surface area contributed by atoms with E-state index >= 15 is 0 Å². The summed E-state index contributed by atoms with van der Waals surface area (Å²) in [5.74, 6) is 0. The van der Waals surface area contributed by atoms with E-state index in [0.717, 1.165) is 0 Å². The van der Waals surface area contributed by atoms with Crippen molar-refractivity contribution in [3.63, 3.8) is 0 Å². The van der Waals surface area contributed by atoms with Crippen molar-refractivity contribution in [2.75, 3.05) is 0 Å². The highest BCUT2D eigenvalue weighted by atomic mass is 16.3. The molecule has 78 valence electrons. The van der Waals surface area contributed by atoms with Gasteiger partial charge in [-0.15, -0.1) is 0 Å². The fourth-order valence-electron chi connectivity index (χ4n) is 0.976. The summed E-state index contributed by atoms with van der Waals surface area (Å²) in [6, 6.07) is 1.38. The summed E-state index contributed by atoms with van der Waals surface area (Å²) < 4.78 is 1.41. The molecule has 1 heterocycles. The number of hydrogen-bond donors (Lipinski definition) is 1. The molecule has 0 radical (unpaired) electrons. The Labute approximate surface area is 83.2 Å². The van der Waals surface area contributed by atoms with Gasteiger partial charge in [-0.1, -0.05) is 20.8 Å². The van der Waals surface area contributed by atoms with E-state index in [1.165, 1.54) is 23.2 Å². The van der Waals surface area contributed by atoms with Crippen LogP contribution in [0.1, 0.15) is 20.8 Å². The molecule has 0 bridgehead atoms. The van der Waals surface area contributed by atoms with Gasteiger partial charge >= 0.3 is 0 Å². The van der Waals surface area contributed by atoms with Gasteiger partial charge in [0.15, 0.2) is 0 Å². The second-order valence-electron chi connectivity index (χ2n) is 4.45. The Balaban J connectivity index is 2.80. The van der Waals surface area contributed by atoms with E-state index in [1.807, 2.05) is 20.8 Å². The lowest BCUT2D eigenvalue weighted by atomic mass is 9.89. The molecule has 0 fully saturated rings. The van der Waals surface area contributed by atoms with Gasteiger partial charge in [-0.3, -0.25) is 9.36 Å².